The van der Waals surface area contributed by atoms with Gasteiger partial charge in [-0.05, 0) is 25.0 Å². The van der Waals surface area contributed by atoms with Gasteiger partial charge in [-0.2, -0.15) is 0 Å². The van der Waals surface area contributed by atoms with Crippen molar-refractivity contribution in [2.45, 2.75) is 44.4 Å². The number of rotatable bonds is 1. The van der Waals surface area contributed by atoms with Crippen LogP contribution in [0.3, 0.4) is 0 Å². The van der Waals surface area contributed by atoms with Gasteiger partial charge in [0, 0.05) is 12.1 Å². The Bertz CT molecular complexity index is 507. The molecular weight excluding hydrogens is 210 g/mol. The van der Waals surface area contributed by atoms with Gasteiger partial charge >= 0.3 is 0 Å². The van der Waals surface area contributed by atoms with Crippen molar-refractivity contribution in [1.82, 2.24) is 9.38 Å². The van der Waals surface area contributed by atoms with Gasteiger partial charge in [0.2, 0.25) is 0 Å². The van der Waals surface area contributed by atoms with Crippen molar-refractivity contribution in [2.24, 2.45) is 0 Å². The molecule has 1 aliphatic carbocycles. The van der Waals surface area contributed by atoms with E-state index in [-0.39, 0.29) is 0 Å². The van der Waals surface area contributed by atoms with Crippen LogP contribution in [0.2, 0.25) is 0 Å². The predicted octanol–water partition coefficient (Wildman–Crippen LogP) is 3.35. The van der Waals surface area contributed by atoms with Crippen LogP contribution in [0.1, 0.15) is 50.1 Å². The normalized spacial score (nSPS) is 18.4. The molecule has 0 radical (unpaired) electrons. The van der Waals surface area contributed by atoms with Crippen molar-refractivity contribution >= 4 is 11.5 Å². The van der Waals surface area contributed by atoms with Crippen LogP contribution in [-0.2, 0) is 0 Å². The van der Waals surface area contributed by atoms with Crippen molar-refractivity contribution in [2.75, 3.05) is 5.73 Å². The Labute approximate surface area is 102 Å². The molecule has 0 aromatic carbocycles. The predicted molar refractivity (Wildman–Crippen MR) is 70.0 cm³/mol. The number of pyridine rings is 1. The number of nitrogens with two attached hydrogens (primary N) is 1. The fourth-order valence-corrected chi connectivity index (χ4v) is 2.89. The number of nitrogen functional groups attached to an aromatic ring is 1. The zero-order valence-electron chi connectivity index (χ0n) is 10.1. The van der Waals surface area contributed by atoms with Gasteiger partial charge in [-0.1, -0.05) is 31.7 Å². The molecule has 3 rings (SSSR count). The van der Waals surface area contributed by atoms with E-state index in [1.54, 1.807) is 0 Å². The Morgan fingerprint density at radius 2 is 1.88 bits per heavy atom. The quantitative estimate of drug-likeness (QED) is 0.762. The van der Waals surface area contributed by atoms with Crippen LogP contribution in [0.25, 0.3) is 5.65 Å². The Kier molecular flexibility index (Phi) is 2.75. The van der Waals surface area contributed by atoms with Gasteiger partial charge < -0.3 is 5.73 Å². The smallest absolute Gasteiger partial charge is 0.138 e. The summed E-state index contributed by atoms with van der Waals surface area (Å²) in [7, 11) is 0. The van der Waals surface area contributed by atoms with E-state index in [0.717, 1.165) is 17.2 Å². The summed E-state index contributed by atoms with van der Waals surface area (Å²) in [6.45, 7) is 0. The number of hydrogen-bond donors (Lipinski definition) is 1. The molecule has 3 nitrogen and oxygen atoms in total. The first-order chi connectivity index (χ1) is 8.36. The van der Waals surface area contributed by atoms with E-state index >= 15 is 0 Å². The SMILES string of the molecule is Nc1c(C2CCCCCC2)nc2ccccn12. The van der Waals surface area contributed by atoms with E-state index in [1.165, 1.54) is 38.5 Å². The number of imidazole rings is 1. The van der Waals surface area contributed by atoms with Gasteiger partial charge in [0.05, 0.1) is 5.69 Å². The number of anilines is 1. The molecule has 1 saturated carbocycles. The maximum atomic E-state index is 6.22. The zero-order valence-corrected chi connectivity index (χ0v) is 10.1. The van der Waals surface area contributed by atoms with Gasteiger partial charge in [0.1, 0.15) is 11.5 Å². The second-order valence-electron chi connectivity index (χ2n) is 5.00. The van der Waals surface area contributed by atoms with Gasteiger partial charge in [0.25, 0.3) is 0 Å². The lowest BCUT2D eigenvalue weighted by atomic mass is 9.97. The van der Waals surface area contributed by atoms with E-state index in [4.69, 9.17) is 10.7 Å². The third-order valence-corrected chi connectivity index (χ3v) is 3.84. The summed E-state index contributed by atoms with van der Waals surface area (Å²) < 4.78 is 2.00. The summed E-state index contributed by atoms with van der Waals surface area (Å²) in [5, 5.41) is 0. The van der Waals surface area contributed by atoms with Crippen LogP contribution < -0.4 is 5.73 Å². The van der Waals surface area contributed by atoms with Crippen molar-refractivity contribution in [1.29, 1.82) is 0 Å². The average Bonchev–Trinajstić information content (AvgIpc) is 2.57. The molecule has 1 aliphatic rings. The number of nitrogens with zero attached hydrogens (tertiary/aromatic N) is 2. The summed E-state index contributed by atoms with van der Waals surface area (Å²) in [4.78, 5) is 4.72. The van der Waals surface area contributed by atoms with E-state index in [0.29, 0.717) is 5.92 Å². The molecule has 0 saturated heterocycles. The minimum absolute atomic E-state index is 0.567. The highest BCUT2D eigenvalue weighted by atomic mass is 15.1. The Hall–Kier alpha value is -1.51. The minimum Gasteiger partial charge on any atom is -0.383 e. The molecular formula is C14H19N3. The highest BCUT2D eigenvalue weighted by molar-refractivity contribution is 5.53. The van der Waals surface area contributed by atoms with Crippen molar-refractivity contribution < 1.29 is 0 Å². The maximum Gasteiger partial charge on any atom is 0.138 e. The lowest BCUT2D eigenvalue weighted by Gasteiger charge is -2.11. The summed E-state index contributed by atoms with van der Waals surface area (Å²) >= 11 is 0. The van der Waals surface area contributed by atoms with E-state index in [1.807, 2.05) is 28.8 Å². The van der Waals surface area contributed by atoms with Gasteiger partial charge in [-0.3, -0.25) is 4.40 Å². The summed E-state index contributed by atoms with van der Waals surface area (Å²) in [5.41, 5.74) is 8.32. The molecule has 90 valence electrons. The molecule has 0 bridgehead atoms. The zero-order chi connectivity index (χ0) is 11.7. The Morgan fingerprint density at radius 3 is 2.59 bits per heavy atom. The lowest BCUT2D eigenvalue weighted by molar-refractivity contribution is 0.582. The molecule has 3 heteroatoms. The topological polar surface area (TPSA) is 43.3 Å². The van der Waals surface area contributed by atoms with Crippen molar-refractivity contribution in [3.8, 4) is 0 Å². The van der Waals surface area contributed by atoms with Crippen LogP contribution >= 0.6 is 0 Å². The molecule has 0 amide bonds. The van der Waals surface area contributed by atoms with E-state index < -0.39 is 0 Å². The van der Waals surface area contributed by atoms with Gasteiger partial charge in [-0.15, -0.1) is 0 Å². The van der Waals surface area contributed by atoms with Crippen molar-refractivity contribution in [3.63, 3.8) is 0 Å². The average molecular weight is 229 g/mol. The molecule has 2 heterocycles. The third-order valence-electron chi connectivity index (χ3n) is 3.84. The fraction of sp³-hybridized carbons (Fsp3) is 0.500. The molecule has 2 aromatic rings. The number of aromatic nitrogens is 2. The monoisotopic (exact) mass is 229 g/mol. The number of fused-ring (bicyclic) bond motifs is 1. The van der Waals surface area contributed by atoms with Gasteiger partial charge in [0.15, 0.2) is 0 Å². The molecule has 0 atom stereocenters. The Morgan fingerprint density at radius 1 is 1.12 bits per heavy atom. The summed E-state index contributed by atoms with van der Waals surface area (Å²) in [6.07, 6.45) is 9.85. The molecule has 0 aliphatic heterocycles. The number of hydrogen-bond acceptors (Lipinski definition) is 2. The first kappa shape index (κ1) is 10.6. The highest BCUT2D eigenvalue weighted by Gasteiger charge is 2.20. The van der Waals surface area contributed by atoms with Crippen LogP contribution in [0.15, 0.2) is 24.4 Å². The van der Waals surface area contributed by atoms with Gasteiger partial charge in [-0.25, -0.2) is 4.98 Å². The maximum absolute atomic E-state index is 6.22. The second kappa shape index (κ2) is 4.40. The van der Waals surface area contributed by atoms with Crippen LogP contribution in [-0.4, -0.2) is 9.38 Å². The van der Waals surface area contributed by atoms with Crippen LogP contribution in [0.5, 0.6) is 0 Å². The van der Waals surface area contributed by atoms with E-state index in [9.17, 15) is 0 Å². The van der Waals surface area contributed by atoms with Crippen molar-refractivity contribution in [3.05, 3.63) is 30.1 Å². The second-order valence-corrected chi connectivity index (χ2v) is 5.00. The molecule has 0 spiro atoms. The third kappa shape index (κ3) is 1.90. The fourth-order valence-electron chi connectivity index (χ4n) is 2.89. The van der Waals surface area contributed by atoms with Crippen LogP contribution in [0.4, 0.5) is 5.82 Å². The molecule has 2 aromatic heterocycles. The first-order valence-electron chi connectivity index (χ1n) is 6.59. The summed E-state index contributed by atoms with van der Waals surface area (Å²) in [5.74, 6) is 1.41. The largest absolute Gasteiger partial charge is 0.383 e. The minimum atomic E-state index is 0.567. The van der Waals surface area contributed by atoms with E-state index in [2.05, 4.69) is 0 Å². The summed E-state index contributed by atoms with van der Waals surface area (Å²) in [6, 6.07) is 6.04. The first-order valence-corrected chi connectivity index (χ1v) is 6.59. The molecule has 17 heavy (non-hydrogen) atoms. The molecule has 2 N–H and O–H groups in total. The Balaban J connectivity index is 2.01. The van der Waals surface area contributed by atoms with Crippen LogP contribution in [0, 0.1) is 0 Å². The molecule has 0 unspecified atom stereocenters. The molecule has 1 fully saturated rings. The highest BCUT2D eigenvalue weighted by Crippen LogP contribution is 2.34. The standard InChI is InChI=1S/C14H19N3/c15-14-13(11-7-3-1-2-4-8-11)16-12-9-5-6-10-17(12)14/h5-6,9-11H,1-4,7-8,15H2. The lowest BCUT2D eigenvalue weighted by Crippen LogP contribution is -2.02.